The Labute approximate surface area is 142 Å². The first kappa shape index (κ1) is 16.9. The van der Waals surface area contributed by atoms with Crippen LogP contribution in [0, 0.1) is 0 Å². The van der Waals surface area contributed by atoms with Crippen molar-refractivity contribution in [1.82, 2.24) is 0 Å². The minimum Gasteiger partial charge on any atom is -0.457 e. The summed E-state index contributed by atoms with van der Waals surface area (Å²) in [5.41, 5.74) is 0.461. The maximum Gasteiger partial charge on any atom is 0.316 e. The van der Waals surface area contributed by atoms with Crippen molar-refractivity contribution in [2.75, 3.05) is 12.4 Å². The fourth-order valence-corrected chi connectivity index (χ4v) is 2.53. The van der Waals surface area contributed by atoms with Crippen LogP contribution in [0.25, 0.3) is 0 Å². The summed E-state index contributed by atoms with van der Waals surface area (Å²) >= 11 is 12.9. The lowest BCUT2D eigenvalue weighted by Gasteiger charge is -2.05. The zero-order valence-corrected chi connectivity index (χ0v) is 13.8. The number of Topliss-reactive ketones (excluding diaryl/α,β-unsaturated/α-hetero) is 1. The van der Waals surface area contributed by atoms with Crippen molar-refractivity contribution in [1.29, 1.82) is 0 Å². The Balaban J connectivity index is 1.76. The molecule has 0 N–H and O–H groups in total. The van der Waals surface area contributed by atoms with Crippen molar-refractivity contribution in [2.45, 2.75) is 4.90 Å². The minimum absolute atomic E-state index is 0.134. The maximum atomic E-state index is 11.8. The first-order valence-corrected chi connectivity index (χ1v) is 8.11. The van der Waals surface area contributed by atoms with Crippen molar-refractivity contribution in [3.8, 4) is 0 Å². The highest BCUT2D eigenvalue weighted by atomic mass is 35.5. The molecule has 2 aromatic rings. The lowest BCUT2D eigenvalue weighted by atomic mass is 10.1. The Morgan fingerprint density at radius 1 is 0.909 bits per heavy atom. The van der Waals surface area contributed by atoms with Crippen molar-refractivity contribution in [3.05, 3.63) is 64.1 Å². The van der Waals surface area contributed by atoms with Gasteiger partial charge >= 0.3 is 5.97 Å². The van der Waals surface area contributed by atoms with Gasteiger partial charge in [-0.15, -0.1) is 11.8 Å². The fraction of sp³-hybridized carbons (Fsp3) is 0.125. The maximum absolute atomic E-state index is 11.8. The van der Waals surface area contributed by atoms with Gasteiger partial charge in [0.15, 0.2) is 12.4 Å². The lowest BCUT2D eigenvalue weighted by Crippen LogP contribution is -2.15. The van der Waals surface area contributed by atoms with E-state index in [1.54, 1.807) is 36.4 Å². The Morgan fingerprint density at radius 2 is 1.45 bits per heavy atom. The van der Waals surface area contributed by atoms with E-state index in [0.717, 1.165) is 4.90 Å². The average molecular weight is 355 g/mol. The highest BCUT2D eigenvalue weighted by molar-refractivity contribution is 8.00. The van der Waals surface area contributed by atoms with Gasteiger partial charge in [0.25, 0.3) is 0 Å². The number of thioether (sulfide) groups is 1. The van der Waals surface area contributed by atoms with Crippen LogP contribution in [0.15, 0.2) is 53.4 Å². The van der Waals surface area contributed by atoms with Crippen LogP contribution in [0.1, 0.15) is 10.4 Å². The molecule has 0 aliphatic carbocycles. The lowest BCUT2D eigenvalue weighted by molar-refractivity contribution is -0.139. The summed E-state index contributed by atoms with van der Waals surface area (Å²) in [5.74, 6) is -0.570. The van der Waals surface area contributed by atoms with Crippen LogP contribution in [-0.2, 0) is 9.53 Å². The minimum atomic E-state index is -0.442. The van der Waals surface area contributed by atoms with Gasteiger partial charge in [0.2, 0.25) is 0 Å². The predicted molar refractivity (Wildman–Crippen MR) is 88.9 cm³/mol. The summed E-state index contributed by atoms with van der Waals surface area (Å²) in [7, 11) is 0. The van der Waals surface area contributed by atoms with Gasteiger partial charge in [0, 0.05) is 20.5 Å². The van der Waals surface area contributed by atoms with Crippen molar-refractivity contribution < 1.29 is 14.3 Å². The average Bonchev–Trinajstić information content (AvgIpc) is 2.52. The number of hydrogen-bond donors (Lipinski definition) is 0. The van der Waals surface area contributed by atoms with Crippen LogP contribution in [0.2, 0.25) is 10.0 Å². The number of esters is 1. The van der Waals surface area contributed by atoms with Crippen LogP contribution >= 0.6 is 35.0 Å². The van der Waals surface area contributed by atoms with E-state index in [1.165, 1.54) is 11.8 Å². The molecule has 0 unspecified atom stereocenters. The second-order valence-electron chi connectivity index (χ2n) is 4.33. The number of carbonyl (C=O) groups is 2. The Kier molecular flexibility index (Phi) is 6.31. The second kappa shape index (κ2) is 8.22. The molecule has 0 saturated heterocycles. The summed E-state index contributed by atoms with van der Waals surface area (Å²) in [5, 5.41) is 1.19. The Bertz CT molecular complexity index is 654. The molecule has 2 aromatic carbocycles. The van der Waals surface area contributed by atoms with Crippen LogP contribution in [0.3, 0.4) is 0 Å². The van der Waals surface area contributed by atoms with E-state index in [2.05, 4.69) is 0 Å². The Morgan fingerprint density at radius 3 is 2.05 bits per heavy atom. The van der Waals surface area contributed by atoms with Crippen LogP contribution in [0.5, 0.6) is 0 Å². The monoisotopic (exact) mass is 354 g/mol. The van der Waals surface area contributed by atoms with Crippen LogP contribution < -0.4 is 0 Å². The first-order valence-electron chi connectivity index (χ1n) is 6.37. The van der Waals surface area contributed by atoms with Gasteiger partial charge in [0.1, 0.15) is 0 Å². The Hall–Kier alpha value is -1.49. The molecule has 0 fully saturated rings. The molecule has 0 heterocycles. The van der Waals surface area contributed by atoms with Crippen molar-refractivity contribution >= 4 is 46.7 Å². The molecule has 114 valence electrons. The number of ether oxygens (including phenoxy) is 1. The molecular weight excluding hydrogens is 343 g/mol. The van der Waals surface area contributed by atoms with Crippen molar-refractivity contribution in [2.24, 2.45) is 0 Å². The molecule has 0 aromatic heterocycles. The van der Waals surface area contributed by atoms with E-state index in [0.29, 0.717) is 15.6 Å². The van der Waals surface area contributed by atoms with Gasteiger partial charge in [0.05, 0.1) is 5.75 Å². The smallest absolute Gasteiger partial charge is 0.316 e. The third-order valence-electron chi connectivity index (χ3n) is 2.70. The van der Waals surface area contributed by atoms with Crippen LogP contribution in [-0.4, -0.2) is 24.1 Å². The number of rotatable bonds is 6. The van der Waals surface area contributed by atoms with Gasteiger partial charge in [-0.1, -0.05) is 23.2 Å². The summed E-state index contributed by atoms with van der Waals surface area (Å²) in [6.07, 6.45) is 0. The number of carbonyl (C=O) groups excluding carboxylic acids is 2. The van der Waals surface area contributed by atoms with Gasteiger partial charge in [-0.05, 0) is 48.5 Å². The summed E-state index contributed by atoms with van der Waals surface area (Å²) < 4.78 is 4.97. The number of benzene rings is 2. The largest absolute Gasteiger partial charge is 0.457 e. The highest BCUT2D eigenvalue weighted by Crippen LogP contribution is 2.20. The second-order valence-corrected chi connectivity index (χ2v) is 6.25. The standard InChI is InChI=1S/C16H12Cl2O3S/c17-12-3-1-11(2-4-12)15(19)9-21-16(20)10-22-14-7-5-13(18)6-8-14/h1-8H,9-10H2. The molecular formula is C16H12Cl2O3S. The molecule has 6 heteroatoms. The van der Waals surface area contributed by atoms with E-state index in [9.17, 15) is 9.59 Å². The molecule has 0 radical (unpaired) electrons. The SMILES string of the molecule is O=C(CSc1ccc(Cl)cc1)OCC(=O)c1ccc(Cl)cc1. The summed E-state index contributed by atoms with van der Waals surface area (Å²) in [6, 6.07) is 13.6. The zero-order chi connectivity index (χ0) is 15.9. The van der Waals surface area contributed by atoms with E-state index in [-0.39, 0.29) is 18.1 Å². The van der Waals surface area contributed by atoms with Gasteiger partial charge in [-0.25, -0.2) is 0 Å². The molecule has 0 saturated carbocycles. The molecule has 0 aliphatic heterocycles. The topological polar surface area (TPSA) is 43.4 Å². The van der Waals surface area contributed by atoms with Gasteiger partial charge < -0.3 is 4.74 Å². The van der Waals surface area contributed by atoms with E-state index in [4.69, 9.17) is 27.9 Å². The molecule has 0 spiro atoms. The first-order chi connectivity index (χ1) is 10.5. The molecule has 3 nitrogen and oxygen atoms in total. The highest BCUT2D eigenvalue weighted by Gasteiger charge is 2.10. The summed E-state index contributed by atoms with van der Waals surface area (Å²) in [4.78, 5) is 24.4. The van der Waals surface area contributed by atoms with E-state index >= 15 is 0 Å². The van der Waals surface area contributed by atoms with Gasteiger partial charge in [-0.2, -0.15) is 0 Å². The molecule has 0 atom stereocenters. The molecule has 0 aliphatic rings. The van der Waals surface area contributed by atoms with E-state index in [1.807, 2.05) is 12.1 Å². The van der Waals surface area contributed by atoms with E-state index < -0.39 is 5.97 Å². The third kappa shape index (κ3) is 5.37. The van der Waals surface area contributed by atoms with Crippen molar-refractivity contribution in [3.63, 3.8) is 0 Å². The third-order valence-corrected chi connectivity index (χ3v) is 4.19. The zero-order valence-electron chi connectivity index (χ0n) is 11.4. The normalized spacial score (nSPS) is 10.3. The number of halogens is 2. The molecule has 22 heavy (non-hydrogen) atoms. The quantitative estimate of drug-likeness (QED) is 0.434. The number of hydrogen-bond acceptors (Lipinski definition) is 4. The van der Waals surface area contributed by atoms with Crippen LogP contribution in [0.4, 0.5) is 0 Å². The molecule has 0 amide bonds. The predicted octanol–water partition coefficient (Wildman–Crippen LogP) is 4.51. The number of ketones is 1. The molecule has 2 rings (SSSR count). The fourth-order valence-electron chi connectivity index (χ4n) is 1.58. The summed E-state index contributed by atoms with van der Waals surface area (Å²) in [6.45, 7) is -0.276. The molecule has 0 bridgehead atoms. The van der Waals surface area contributed by atoms with Gasteiger partial charge in [-0.3, -0.25) is 9.59 Å².